The summed E-state index contributed by atoms with van der Waals surface area (Å²) in [6.07, 6.45) is 3.56. The van der Waals surface area contributed by atoms with Crippen LogP contribution in [0.25, 0.3) is 0 Å². The van der Waals surface area contributed by atoms with Crippen molar-refractivity contribution >= 4 is 17.4 Å². The molecule has 0 aliphatic heterocycles. The van der Waals surface area contributed by atoms with E-state index >= 15 is 0 Å². The van der Waals surface area contributed by atoms with Crippen LogP contribution in [-0.4, -0.2) is 22.2 Å². The fourth-order valence-electron chi connectivity index (χ4n) is 1.57. The first kappa shape index (κ1) is 12.4. The second-order valence-electron chi connectivity index (χ2n) is 3.64. The summed E-state index contributed by atoms with van der Waals surface area (Å²) in [7, 11) is 0. The van der Waals surface area contributed by atoms with Gasteiger partial charge in [-0.1, -0.05) is 17.7 Å². The third-order valence-electron chi connectivity index (χ3n) is 2.38. The average Bonchev–Trinajstić information content (AvgIpc) is 2.81. The van der Waals surface area contributed by atoms with Crippen molar-refractivity contribution in [1.29, 1.82) is 5.41 Å². The Kier molecular flexibility index (Phi) is 3.84. The van der Waals surface area contributed by atoms with Gasteiger partial charge in [-0.05, 0) is 18.2 Å². The van der Waals surface area contributed by atoms with Crippen LogP contribution in [0.2, 0.25) is 5.02 Å². The van der Waals surface area contributed by atoms with Crippen molar-refractivity contribution in [2.24, 2.45) is 5.73 Å². The second-order valence-corrected chi connectivity index (χ2v) is 4.05. The summed E-state index contributed by atoms with van der Waals surface area (Å²) in [6, 6.07) is 7.03. The van der Waals surface area contributed by atoms with E-state index in [2.05, 4.69) is 5.10 Å². The van der Waals surface area contributed by atoms with E-state index in [1.807, 2.05) is 12.3 Å². The number of aromatic nitrogens is 2. The molecule has 2 rings (SSSR count). The predicted molar refractivity (Wildman–Crippen MR) is 70.2 cm³/mol. The molecule has 0 saturated heterocycles. The van der Waals surface area contributed by atoms with E-state index in [-0.39, 0.29) is 5.84 Å². The third kappa shape index (κ3) is 2.81. The zero-order valence-corrected chi connectivity index (χ0v) is 10.4. The van der Waals surface area contributed by atoms with E-state index < -0.39 is 0 Å². The standard InChI is InChI=1S/C12H13ClN4O/c13-9-3-1-4-10(11(9)12(14)15)18-8-7-17-6-2-5-16-17/h1-6H,7-8H2,(H3,14,15). The smallest absolute Gasteiger partial charge is 0.131 e. The molecule has 6 heteroatoms. The molecule has 0 saturated carbocycles. The molecule has 0 spiro atoms. The number of amidine groups is 1. The Hall–Kier alpha value is -2.01. The molecule has 0 fully saturated rings. The first-order valence-corrected chi connectivity index (χ1v) is 5.79. The largest absolute Gasteiger partial charge is 0.491 e. The highest BCUT2D eigenvalue weighted by molar-refractivity contribution is 6.34. The summed E-state index contributed by atoms with van der Waals surface area (Å²) in [5.41, 5.74) is 5.91. The van der Waals surface area contributed by atoms with E-state index in [1.165, 1.54) is 0 Å². The minimum Gasteiger partial charge on any atom is -0.491 e. The average molecular weight is 265 g/mol. The molecule has 0 aliphatic rings. The van der Waals surface area contributed by atoms with Gasteiger partial charge in [-0.15, -0.1) is 0 Å². The van der Waals surface area contributed by atoms with Crippen LogP contribution in [0.3, 0.4) is 0 Å². The van der Waals surface area contributed by atoms with Crippen LogP contribution in [0, 0.1) is 5.41 Å². The Morgan fingerprint density at radius 3 is 2.94 bits per heavy atom. The van der Waals surface area contributed by atoms with Crippen molar-refractivity contribution in [1.82, 2.24) is 9.78 Å². The number of benzene rings is 1. The summed E-state index contributed by atoms with van der Waals surface area (Å²) in [6.45, 7) is 1.05. The van der Waals surface area contributed by atoms with E-state index in [0.29, 0.717) is 29.5 Å². The van der Waals surface area contributed by atoms with Gasteiger partial charge in [0.15, 0.2) is 0 Å². The Morgan fingerprint density at radius 2 is 2.28 bits per heavy atom. The summed E-state index contributed by atoms with van der Waals surface area (Å²) >= 11 is 5.98. The number of rotatable bonds is 5. The normalized spacial score (nSPS) is 10.3. The molecule has 0 unspecified atom stereocenters. The Morgan fingerprint density at radius 1 is 1.44 bits per heavy atom. The van der Waals surface area contributed by atoms with Crippen molar-refractivity contribution in [3.63, 3.8) is 0 Å². The Labute approximate surface area is 110 Å². The first-order valence-electron chi connectivity index (χ1n) is 5.41. The van der Waals surface area contributed by atoms with Gasteiger partial charge < -0.3 is 10.5 Å². The van der Waals surface area contributed by atoms with Crippen LogP contribution in [0.5, 0.6) is 5.75 Å². The number of nitrogens with zero attached hydrogens (tertiary/aromatic N) is 2. The lowest BCUT2D eigenvalue weighted by Crippen LogP contribution is -2.15. The van der Waals surface area contributed by atoms with E-state index in [0.717, 1.165) is 0 Å². The van der Waals surface area contributed by atoms with Gasteiger partial charge in [-0.25, -0.2) is 0 Å². The summed E-state index contributed by atoms with van der Waals surface area (Å²) in [4.78, 5) is 0. The molecular formula is C12H13ClN4O. The predicted octanol–water partition coefficient (Wildman–Crippen LogP) is 1.90. The topological polar surface area (TPSA) is 76.9 Å². The van der Waals surface area contributed by atoms with E-state index in [4.69, 9.17) is 27.5 Å². The SMILES string of the molecule is N=C(N)c1c(Cl)cccc1OCCn1cccn1. The number of nitrogens with two attached hydrogens (primary N) is 1. The number of halogens is 1. The summed E-state index contributed by atoms with van der Waals surface area (Å²) in [5, 5.41) is 12.0. The second kappa shape index (κ2) is 5.55. The molecule has 0 bridgehead atoms. The number of nitrogen functional groups attached to an aromatic ring is 1. The number of nitrogens with one attached hydrogen (secondary N) is 1. The maximum Gasteiger partial charge on any atom is 0.131 e. The highest BCUT2D eigenvalue weighted by Crippen LogP contribution is 2.25. The van der Waals surface area contributed by atoms with Crippen molar-refractivity contribution in [3.8, 4) is 5.75 Å². The molecule has 1 aromatic heterocycles. The quantitative estimate of drug-likeness (QED) is 0.640. The molecule has 5 nitrogen and oxygen atoms in total. The van der Waals surface area contributed by atoms with Gasteiger partial charge in [-0.3, -0.25) is 10.1 Å². The Bertz CT molecular complexity index is 539. The van der Waals surface area contributed by atoms with Gasteiger partial charge in [0, 0.05) is 12.4 Å². The van der Waals surface area contributed by atoms with Crippen molar-refractivity contribution in [2.45, 2.75) is 6.54 Å². The molecule has 2 aromatic rings. The lowest BCUT2D eigenvalue weighted by molar-refractivity contribution is 0.291. The van der Waals surface area contributed by atoms with Gasteiger partial charge >= 0.3 is 0 Å². The van der Waals surface area contributed by atoms with Gasteiger partial charge in [0.05, 0.1) is 17.1 Å². The molecule has 18 heavy (non-hydrogen) atoms. The molecule has 1 heterocycles. The van der Waals surface area contributed by atoms with E-state index in [9.17, 15) is 0 Å². The highest BCUT2D eigenvalue weighted by atomic mass is 35.5. The van der Waals surface area contributed by atoms with Crippen LogP contribution in [0.15, 0.2) is 36.7 Å². The van der Waals surface area contributed by atoms with Crippen molar-refractivity contribution in [3.05, 3.63) is 47.2 Å². The van der Waals surface area contributed by atoms with E-state index in [1.54, 1.807) is 29.1 Å². The first-order chi connectivity index (χ1) is 8.68. The Balaban J connectivity index is 2.05. The lowest BCUT2D eigenvalue weighted by Gasteiger charge is -2.11. The van der Waals surface area contributed by atoms with Gasteiger partial charge in [0.25, 0.3) is 0 Å². The number of hydrogen-bond acceptors (Lipinski definition) is 3. The maximum absolute atomic E-state index is 7.49. The van der Waals surface area contributed by atoms with Crippen molar-refractivity contribution < 1.29 is 4.74 Å². The summed E-state index contributed by atoms with van der Waals surface area (Å²) < 4.78 is 7.35. The number of hydrogen-bond donors (Lipinski definition) is 2. The van der Waals surface area contributed by atoms with Gasteiger partial charge in [-0.2, -0.15) is 5.10 Å². The highest BCUT2D eigenvalue weighted by Gasteiger charge is 2.10. The molecule has 0 amide bonds. The van der Waals surface area contributed by atoms with Gasteiger partial charge in [0.1, 0.15) is 18.2 Å². The lowest BCUT2D eigenvalue weighted by atomic mass is 10.2. The number of ether oxygens (including phenoxy) is 1. The monoisotopic (exact) mass is 264 g/mol. The minimum atomic E-state index is -0.102. The van der Waals surface area contributed by atoms with Crippen LogP contribution in [0.1, 0.15) is 5.56 Å². The fourth-order valence-corrected chi connectivity index (χ4v) is 1.84. The van der Waals surface area contributed by atoms with Gasteiger partial charge in [0.2, 0.25) is 0 Å². The molecule has 3 N–H and O–H groups in total. The molecular weight excluding hydrogens is 252 g/mol. The molecule has 0 aliphatic carbocycles. The van der Waals surface area contributed by atoms with Crippen molar-refractivity contribution in [2.75, 3.05) is 6.61 Å². The zero-order valence-electron chi connectivity index (χ0n) is 9.64. The van der Waals surface area contributed by atoms with Crippen LogP contribution < -0.4 is 10.5 Å². The third-order valence-corrected chi connectivity index (χ3v) is 2.70. The molecule has 0 radical (unpaired) electrons. The minimum absolute atomic E-state index is 0.102. The molecule has 1 aromatic carbocycles. The summed E-state index contributed by atoms with van der Waals surface area (Å²) in [5.74, 6) is 0.414. The zero-order chi connectivity index (χ0) is 13.0. The van der Waals surface area contributed by atoms with Crippen LogP contribution >= 0.6 is 11.6 Å². The maximum atomic E-state index is 7.49. The molecule has 94 valence electrons. The molecule has 0 atom stereocenters. The fraction of sp³-hybridized carbons (Fsp3) is 0.167. The van der Waals surface area contributed by atoms with Crippen LogP contribution in [-0.2, 0) is 6.54 Å². The van der Waals surface area contributed by atoms with Crippen LogP contribution in [0.4, 0.5) is 0 Å².